The third kappa shape index (κ3) is 4.06. The minimum absolute atomic E-state index is 0.135. The second-order valence-corrected chi connectivity index (χ2v) is 3.72. The maximum Gasteiger partial charge on any atom is 0.221 e. The highest BCUT2D eigenvalue weighted by molar-refractivity contribution is 5.99. The summed E-state index contributed by atoms with van der Waals surface area (Å²) < 4.78 is 0. The first-order chi connectivity index (χ1) is 7.88. The lowest BCUT2D eigenvalue weighted by Gasteiger charge is -2.08. The maximum absolute atomic E-state index is 11.3. The molecule has 1 aromatic carbocycles. The van der Waals surface area contributed by atoms with Crippen molar-refractivity contribution in [2.45, 2.75) is 20.8 Å². The van der Waals surface area contributed by atoms with E-state index in [1.165, 1.54) is 20.8 Å². The average Bonchev–Trinajstić information content (AvgIpc) is 2.14. The standard InChI is InChI=1S/C12H14N2O3/c1-7(15)10-4-11(13-8(2)16)6-12(5-10)14-9(3)17/h4-6H,1-3H3,(H,13,16)(H,14,17). The molecule has 0 aliphatic heterocycles. The van der Waals surface area contributed by atoms with Gasteiger partial charge in [0.2, 0.25) is 11.8 Å². The van der Waals surface area contributed by atoms with Crippen LogP contribution >= 0.6 is 0 Å². The van der Waals surface area contributed by atoms with Gasteiger partial charge in [-0.3, -0.25) is 14.4 Å². The predicted molar refractivity (Wildman–Crippen MR) is 65.1 cm³/mol. The highest BCUT2D eigenvalue weighted by Crippen LogP contribution is 2.19. The second kappa shape index (κ2) is 5.25. The molecule has 90 valence electrons. The molecule has 0 saturated heterocycles. The van der Waals surface area contributed by atoms with Crippen molar-refractivity contribution >= 4 is 29.0 Å². The maximum atomic E-state index is 11.3. The molecule has 0 spiro atoms. The number of Topliss-reactive ketones (excluding diaryl/α,β-unsaturated/α-hetero) is 1. The van der Waals surface area contributed by atoms with Gasteiger partial charge in [-0.2, -0.15) is 0 Å². The molecular formula is C12H14N2O3. The van der Waals surface area contributed by atoms with Crippen molar-refractivity contribution in [3.05, 3.63) is 23.8 Å². The highest BCUT2D eigenvalue weighted by Gasteiger charge is 2.06. The van der Waals surface area contributed by atoms with Gasteiger partial charge >= 0.3 is 0 Å². The fourth-order valence-corrected chi connectivity index (χ4v) is 1.38. The quantitative estimate of drug-likeness (QED) is 0.783. The van der Waals surface area contributed by atoms with Crippen LogP contribution in [-0.4, -0.2) is 17.6 Å². The topological polar surface area (TPSA) is 75.3 Å². The summed E-state index contributed by atoms with van der Waals surface area (Å²) in [5.41, 5.74) is 1.39. The van der Waals surface area contributed by atoms with Crippen LogP contribution in [-0.2, 0) is 9.59 Å². The Kier molecular flexibility index (Phi) is 3.98. The zero-order chi connectivity index (χ0) is 13.0. The summed E-state index contributed by atoms with van der Waals surface area (Å²) in [7, 11) is 0. The first-order valence-electron chi connectivity index (χ1n) is 5.09. The molecule has 0 aromatic heterocycles. The van der Waals surface area contributed by atoms with E-state index in [4.69, 9.17) is 0 Å². The Morgan fingerprint density at radius 3 is 1.53 bits per heavy atom. The van der Waals surface area contributed by atoms with Crippen LogP contribution in [0.15, 0.2) is 18.2 Å². The number of hydrogen-bond donors (Lipinski definition) is 2. The number of anilines is 2. The van der Waals surface area contributed by atoms with Gasteiger partial charge in [0.15, 0.2) is 5.78 Å². The number of rotatable bonds is 3. The molecule has 0 aliphatic rings. The summed E-state index contributed by atoms with van der Waals surface area (Å²) in [5.74, 6) is -0.609. The lowest BCUT2D eigenvalue weighted by molar-refractivity contribution is -0.115. The first kappa shape index (κ1) is 12.9. The largest absolute Gasteiger partial charge is 0.326 e. The summed E-state index contributed by atoms with van der Waals surface area (Å²) in [4.78, 5) is 33.2. The molecule has 0 bridgehead atoms. The number of nitrogens with one attached hydrogen (secondary N) is 2. The van der Waals surface area contributed by atoms with Crippen molar-refractivity contribution in [3.63, 3.8) is 0 Å². The van der Waals surface area contributed by atoms with E-state index < -0.39 is 0 Å². The Labute approximate surface area is 99.2 Å². The molecule has 0 fully saturated rings. The third-order valence-corrected chi connectivity index (χ3v) is 1.98. The monoisotopic (exact) mass is 234 g/mol. The van der Waals surface area contributed by atoms with E-state index in [9.17, 15) is 14.4 Å². The van der Waals surface area contributed by atoms with E-state index in [0.29, 0.717) is 16.9 Å². The Morgan fingerprint density at radius 2 is 1.24 bits per heavy atom. The van der Waals surface area contributed by atoms with E-state index in [2.05, 4.69) is 10.6 Å². The Bertz CT molecular complexity index is 446. The molecule has 0 aliphatic carbocycles. The van der Waals surface area contributed by atoms with Crippen molar-refractivity contribution < 1.29 is 14.4 Å². The van der Waals surface area contributed by atoms with E-state index in [0.717, 1.165) is 0 Å². The van der Waals surface area contributed by atoms with Crippen molar-refractivity contribution in [2.75, 3.05) is 10.6 Å². The van der Waals surface area contributed by atoms with Crippen LogP contribution < -0.4 is 10.6 Å². The number of carbonyl (C=O) groups excluding carboxylic acids is 3. The van der Waals surface area contributed by atoms with Crippen molar-refractivity contribution in [3.8, 4) is 0 Å². The van der Waals surface area contributed by atoms with Gasteiger partial charge in [0.1, 0.15) is 0 Å². The van der Waals surface area contributed by atoms with Crippen molar-refractivity contribution in [1.29, 1.82) is 0 Å². The highest BCUT2D eigenvalue weighted by atomic mass is 16.2. The van der Waals surface area contributed by atoms with E-state index in [1.807, 2.05) is 0 Å². The van der Waals surface area contributed by atoms with Gasteiger partial charge in [0.25, 0.3) is 0 Å². The fraction of sp³-hybridized carbons (Fsp3) is 0.250. The summed E-state index contributed by atoms with van der Waals surface area (Å²) in [5, 5.41) is 5.14. The summed E-state index contributed by atoms with van der Waals surface area (Å²) in [6.45, 7) is 4.17. The molecule has 1 aromatic rings. The third-order valence-electron chi connectivity index (χ3n) is 1.98. The molecule has 1 rings (SSSR count). The SMILES string of the molecule is CC(=O)Nc1cc(NC(C)=O)cc(C(C)=O)c1. The molecule has 5 nitrogen and oxygen atoms in total. The van der Waals surface area contributed by atoms with E-state index in [1.54, 1.807) is 18.2 Å². The molecule has 0 saturated carbocycles. The van der Waals surface area contributed by atoms with Gasteiger partial charge in [-0.25, -0.2) is 0 Å². The van der Waals surface area contributed by atoms with Crippen LogP contribution in [0.3, 0.4) is 0 Å². The van der Waals surface area contributed by atoms with Gasteiger partial charge in [0.05, 0.1) is 0 Å². The number of hydrogen-bond acceptors (Lipinski definition) is 3. The van der Waals surface area contributed by atoms with Crippen LogP contribution in [0, 0.1) is 0 Å². The van der Waals surface area contributed by atoms with Crippen LogP contribution in [0.4, 0.5) is 11.4 Å². The normalized spacial score (nSPS) is 9.59. The van der Waals surface area contributed by atoms with Crippen LogP contribution in [0.25, 0.3) is 0 Å². The van der Waals surface area contributed by atoms with E-state index in [-0.39, 0.29) is 17.6 Å². The zero-order valence-electron chi connectivity index (χ0n) is 9.96. The number of carbonyl (C=O) groups is 3. The van der Waals surface area contributed by atoms with E-state index >= 15 is 0 Å². The fourth-order valence-electron chi connectivity index (χ4n) is 1.38. The molecule has 17 heavy (non-hydrogen) atoms. The number of ketones is 1. The van der Waals surface area contributed by atoms with Crippen molar-refractivity contribution in [2.24, 2.45) is 0 Å². The van der Waals surface area contributed by atoms with Gasteiger partial charge in [0, 0.05) is 30.8 Å². The lowest BCUT2D eigenvalue weighted by Crippen LogP contribution is -2.10. The second-order valence-electron chi connectivity index (χ2n) is 3.72. The van der Waals surface area contributed by atoms with Crippen LogP contribution in [0.2, 0.25) is 0 Å². The predicted octanol–water partition coefficient (Wildman–Crippen LogP) is 1.81. The average molecular weight is 234 g/mol. The van der Waals surface area contributed by atoms with Crippen LogP contribution in [0.5, 0.6) is 0 Å². The van der Waals surface area contributed by atoms with Gasteiger partial charge < -0.3 is 10.6 Å². The zero-order valence-corrected chi connectivity index (χ0v) is 9.96. The summed E-state index contributed by atoms with van der Waals surface area (Å²) in [6, 6.07) is 4.72. The number of amides is 2. The molecule has 2 N–H and O–H groups in total. The summed E-state index contributed by atoms with van der Waals surface area (Å²) in [6.07, 6.45) is 0. The molecule has 0 radical (unpaired) electrons. The Balaban J connectivity index is 3.13. The Hall–Kier alpha value is -2.17. The number of benzene rings is 1. The molecule has 2 amide bonds. The summed E-state index contributed by atoms with van der Waals surface area (Å²) >= 11 is 0. The molecule has 0 unspecified atom stereocenters. The smallest absolute Gasteiger partial charge is 0.221 e. The van der Waals surface area contributed by atoms with Gasteiger partial charge in [-0.15, -0.1) is 0 Å². The van der Waals surface area contributed by atoms with Gasteiger partial charge in [-0.05, 0) is 25.1 Å². The molecule has 0 atom stereocenters. The van der Waals surface area contributed by atoms with Gasteiger partial charge in [-0.1, -0.05) is 0 Å². The molecular weight excluding hydrogens is 220 g/mol. The van der Waals surface area contributed by atoms with Crippen molar-refractivity contribution in [1.82, 2.24) is 0 Å². The lowest BCUT2D eigenvalue weighted by atomic mass is 10.1. The minimum Gasteiger partial charge on any atom is -0.326 e. The molecule has 0 heterocycles. The van der Waals surface area contributed by atoms with Crippen LogP contribution in [0.1, 0.15) is 31.1 Å². The molecule has 5 heteroatoms. The Morgan fingerprint density at radius 1 is 0.824 bits per heavy atom. The minimum atomic E-state index is -0.237. The first-order valence-corrected chi connectivity index (χ1v) is 5.09.